The lowest BCUT2D eigenvalue weighted by Crippen LogP contribution is -2.39. The van der Waals surface area contributed by atoms with Crippen LogP contribution >= 0.6 is 12.4 Å². The summed E-state index contributed by atoms with van der Waals surface area (Å²) in [5, 5.41) is 26.5. The molecule has 2 aliphatic rings. The molecular formula is C15H20ClN3O4. The molecule has 3 unspecified atom stereocenters. The number of phenols is 1. The molecule has 1 aromatic rings. The maximum Gasteiger partial charge on any atom is 0.271 e. The molecule has 23 heavy (non-hydrogen) atoms. The highest BCUT2D eigenvalue weighted by molar-refractivity contribution is 5.96. The monoisotopic (exact) mass is 341 g/mol. The number of nitrogens with zero attached hydrogens (tertiary/aromatic N) is 1. The number of phenolic OH excluding ortho intramolecular Hbond substituents is 1. The lowest BCUT2D eigenvalue weighted by Gasteiger charge is -2.24. The van der Waals surface area contributed by atoms with E-state index in [0.717, 1.165) is 19.3 Å². The van der Waals surface area contributed by atoms with E-state index in [1.807, 2.05) is 0 Å². The third-order valence-corrected chi connectivity index (χ3v) is 4.63. The van der Waals surface area contributed by atoms with Crippen molar-refractivity contribution in [1.29, 1.82) is 0 Å². The summed E-state index contributed by atoms with van der Waals surface area (Å²) in [5.41, 5.74) is -0.0861. The lowest BCUT2D eigenvalue weighted by molar-refractivity contribution is -0.384. The number of aromatic hydroxyl groups is 1. The summed E-state index contributed by atoms with van der Waals surface area (Å²) in [6.07, 6.45) is 5.42. The molecule has 126 valence electrons. The number of anilines is 1. The number of nitrogens with one attached hydrogen (secondary N) is 2. The van der Waals surface area contributed by atoms with E-state index in [0.29, 0.717) is 12.0 Å². The fourth-order valence-electron chi connectivity index (χ4n) is 3.48. The molecule has 3 atom stereocenters. The van der Waals surface area contributed by atoms with E-state index in [4.69, 9.17) is 0 Å². The van der Waals surface area contributed by atoms with Gasteiger partial charge in [0.15, 0.2) is 0 Å². The molecule has 0 bridgehead atoms. The lowest BCUT2D eigenvalue weighted by atomic mass is 9.85. The number of fused-ring (bicyclic) bond motifs is 1. The van der Waals surface area contributed by atoms with Crippen LogP contribution in [0.3, 0.4) is 0 Å². The predicted molar refractivity (Wildman–Crippen MR) is 87.9 cm³/mol. The maximum atomic E-state index is 12.3. The zero-order valence-corrected chi connectivity index (χ0v) is 13.3. The number of benzene rings is 1. The summed E-state index contributed by atoms with van der Waals surface area (Å²) in [6, 6.07) is 3.69. The number of amides is 1. The van der Waals surface area contributed by atoms with Crippen molar-refractivity contribution in [2.24, 2.45) is 5.92 Å². The van der Waals surface area contributed by atoms with E-state index in [9.17, 15) is 20.0 Å². The van der Waals surface area contributed by atoms with Gasteiger partial charge in [-0.15, -0.1) is 12.4 Å². The Hall–Kier alpha value is -1.86. The van der Waals surface area contributed by atoms with Crippen molar-refractivity contribution in [3.05, 3.63) is 28.3 Å². The van der Waals surface area contributed by atoms with Gasteiger partial charge in [-0.2, -0.15) is 0 Å². The highest BCUT2D eigenvalue weighted by atomic mass is 35.5. The minimum atomic E-state index is -0.558. The van der Waals surface area contributed by atoms with Gasteiger partial charge >= 0.3 is 0 Å². The van der Waals surface area contributed by atoms with E-state index >= 15 is 0 Å². The SMILES string of the molecule is Cl.O=C(Nc1cc([N+](=O)[O-])ccc1O)C1CC2CCCCC2N1. The largest absolute Gasteiger partial charge is 0.506 e. The molecule has 0 radical (unpaired) electrons. The summed E-state index contributed by atoms with van der Waals surface area (Å²) < 4.78 is 0. The Balaban J connectivity index is 0.00000192. The van der Waals surface area contributed by atoms with Crippen LogP contribution in [0, 0.1) is 16.0 Å². The fraction of sp³-hybridized carbons (Fsp3) is 0.533. The van der Waals surface area contributed by atoms with E-state index < -0.39 is 4.92 Å². The summed E-state index contributed by atoms with van der Waals surface area (Å²) in [6.45, 7) is 0. The molecule has 7 nitrogen and oxygen atoms in total. The molecule has 8 heteroatoms. The molecule has 0 aromatic heterocycles. The Kier molecular flexibility index (Phi) is 5.43. The average Bonchev–Trinajstić information content (AvgIpc) is 2.93. The third kappa shape index (κ3) is 3.73. The Labute approximate surface area is 140 Å². The first-order valence-corrected chi connectivity index (χ1v) is 7.59. The Morgan fingerprint density at radius 2 is 2.09 bits per heavy atom. The number of non-ortho nitro benzene ring substituents is 1. The van der Waals surface area contributed by atoms with Gasteiger partial charge in [0.25, 0.3) is 5.69 Å². The predicted octanol–water partition coefficient (Wildman–Crippen LogP) is 2.58. The summed E-state index contributed by atoms with van der Waals surface area (Å²) in [7, 11) is 0. The maximum absolute atomic E-state index is 12.3. The number of hydrogen-bond acceptors (Lipinski definition) is 5. The Morgan fingerprint density at radius 1 is 1.35 bits per heavy atom. The van der Waals surface area contributed by atoms with E-state index in [1.54, 1.807) is 0 Å². The van der Waals surface area contributed by atoms with E-state index in [1.165, 1.54) is 31.0 Å². The second kappa shape index (κ2) is 7.14. The van der Waals surface area contributed by atoms with Crippen LogP contribution in [0.4, 0.5) is 11.4 Å². The van der Waals surface area contributed by atoms with E-state index in [-0.39, 0.29) is 41.5 Å². The molecule has 1 aliphatic heterocycles. The molecule has 1 heterocycles. The van der Waals surface area contributed by atoms with Crippen molar-refractivity contribution in [2.45, 2.75) is 44.2 Å². The minimum Gasteiger partial charge on any atom is -0.506 e. The van der Waals surface area contributed by atoms with Crippen molar-refractivity contribution in [1.82, 2.24) is 5.32 Å². The second-order valence-corrected chi connectivity index (χ2v) is 6.05. The van der Waals surface area contributed by atoms with Crippen molar-refractivity contribution in [3.63, 3.8) is 0 Å². The van der Waals surface area contributed by atoms with Gasteiger partial charge in [-0.25, -0.2) is 0 Å². The van der Waals surface area contributed by atoms with Gasteiger partial charge in [-0.1, -0.05) is 12.8 Å². The van der Waals surface area contributed by atoms with Gasteiger partial charge < -0.3 is 15.7 Å². The number of hydrogen-bond donors (Lipinski definition) is 3. The molecule has 2 fully saturated rings. The Morgan fingerprint density at radius 3 is 2.78 bits per heavy atom. The van der Waals surface area contributed by atoms with Gasteiger partial charge in [0.1, 0.15) is 5.75 Å². The van der Waals surface area contributed by atoms with Crippen LogP contribution in [0.2, 0.25) is 0 Å². The quantitative estimate of drug-likeness (QED) is 0.445. The molecule has 1 aliphatic carbocycles. The van der Waals surface area contributed by atoms with Crippen LogP contribution in [0.5, 0.6) is 5.75 Å². The van der Waals surface area contributed by atoms with Gasteiger partial charge in [-0.05, 0) is 31.2 Å². The van der Waals surface area contributed by atoms with Gasteiger partial charge in [0, 0.05) is 18.2 Å². The smallest absolute Gasteiger partial charge is 0.271 e. The van der Waals surface area contributed by atoms with Crippen LogP contribution in [0.1, 0.15) is 32.1 Å². The topological polar surface area (TPSA) is 104 Å². The molecule has 1 aromatic carbocycles. The first-order valence-electron chi connectivity index (χ1n) is 7.59. The van der Waals surface area contributed by atoms with Crippen LogP contribution in [0.25, 0.3) is 0 Å². The highest BCUT2D eigenvalue weighted by Gasteiger charge is 2.38. The molecule has 1 amide bonds. The van der Waals surface area contributed by atoms with Crippen molar-refractivity contribution in [3.8, 4) is 5.75 Å². The Bertz CT molecular complexity index is 596. The number of halogens is 1. The van der Waals surface area contributed by atoms with Crippen LogP contribution in [-0.4, -0.2) is 28.0 Å². The molecule has 3 rings (SSSR count). The summed E-state index contributed by atoms with van der Waals surface area (Å²) >= 11 is 0. The molecule has 0 spiro atoms. The third-order valence-electron chi connectivity index (χ3n) is 4.63. The zero-order chi connectivity index (χ0) is 15.7. The molecule has 1 saturated heterocycles. The molecular weight excluding hydrogens is 322 g/mol. The first-order chi connectivity index (χ1) is 10.5. The standard InChI is InChI=1S/C15H19N3O4.ClH/c19-14-6-5-10(18(21)22)8-12(14)17-15(20)13-7-9-3-1-2-4-11(9)16-13;/h5-6,8-9,11,13,16,19H,1-4,7H2,(H,17,20);1H. The van der Waals surface area contributed by atoms with Gasteiger partial charge in [-0.3, -0.25) is 14.9 Å². The number of carbonyl (C=O) groups is 1. The normalized spacial score (nSPS) is 26.0. The van der Waals surface area contributed by atoms with Crippen LogP contribution in [0.15, 0.2) is 18.2 Å². The van der Waals surface area contributed by atoms with Crippen LogP contribution < -0.4 is 10.6 Å². The van der Waals surface area contributed by atoms with Crippen molar-refractivity contribution in [2.75, 3.05) is 5.32 Å². The number of nitro benzene ring substituents is 1. The van der Waals surface area contributed by atoms with Crippen molar-refractivity contribution < 1.29 is 14.8 Å². The van der Waals surface area contributed by atoms with Crippen molar-refractivity contribution >= 4 is 29.7 Å². The number of carbonyl (C=O) groups excluding carboxylic acids is 1. The minimum absolute atomic E-state index is 0. The summed E-state index contributed by atoms with van der Waals surface area (Å²) in [5.74, 6) is 0.114. The summed E-state index contributed by atoms with van der Waals surface area (Å²) in [4.78, 5) is 22.6. The number of nitro groups is 1. The van der Waals surface area contributed by atoms with E-state index in [2.05, 4.69) is 10.6 Å². The fourth-order valence-corrected chi connectivity index (χ4v) is 3.48. The average molecular weight is 342 g/mol. The molecule has 1 saturated carbocycles. The van der Waals surface area contributed by atoms with Gasteiger partial charge in [0.2, 0.25) is 5.91 Å². The zero-order valence-electron chi connectivity index (χ0n) is 12.5. The first kappa shape index (κ1) is 17.5. The molecule has 3 N–H and O–H groups in total. The second-order valence-electron chi connectivity index (χ2n) is 6.05. The van der Waals surface area contributed by atoms with Crippen LogP contribution in [-0.2, 0) is 4.79 Å². The van der Waals surface area contributed by atoms with Gasteiger partial charge in [0.05, 0.1) is 16.7 Å². The number of rotatable bonds is 3. The highest BCUT2D eigenvalue weighted by Crippen LogP contribution is 2.34.